The molecule has 1 atom stereocenters. The van der Waals surface area contributed by atoms with E-state index in [2.05, 4.69) is 5.32 Å². The maximum absolute atomic E-state index is 11.8. The molecule has 2 rings (SSSR count). The van der Waals surface area contributed by atoms with Crippen LogP contribution in [0.3, 0.4) is 0 Å². The fraction of sp³-hybridized carbons (Fsp3) is 0.917. The van der Waals surface area contributed by atoms with E-state index in [9.17, 15) is 4.79 Å². The van der Waals surface area contributed by atoms with Gasteiger partial charge in [0, 0.05) is 13.1 Å². The second kappa shape index (κ2) is 5.64. The number of hydrogen-bond donors (Lipinski definition) is 1. The first-order valence-electron chi connectivity index (χ1n) is 6.38. The van der Waals surface area contributed by atoms with Gasteiger partial charge >= 0.3 is 0 Å². The van der Waals surface area contributed by atoms with Crippen LogP contribution >= 0.6 is 0 Å². The van der Waals surface area contributed by atoms with Crippen LogP contribution in [0.4, 0.5) is 0 Å². The van der Waals surface area contributed by atoms with Gasteiger partial charge in [0.1, 0.15) is 6.10 Å². The number of hydrogen-bond acceptors (Lipinski definition) is 3. The van der Waals surface area contributed by atoms with E-state index in [-0.39, 0.29) is 12.0 Å². The topological polar surface area (TPSA) is 41.6 Å². The lowest BCUT2D eigenvalue weighted by Crippen LogP contribution is -2.47. The summed E-state index contributed by atoms with van der Waals surface area (Å²) in [6, 6.07) is 0. The molecule has 2 fully saturated rings. The first-order valence-corrected chi connectivity index (χ1v) is 6.38. The first-order chi connectivity index (χ1) is 7.77. The fourth-order valence-electron chi connectivity index (χ4n) is 2.51. The maximum atomic E-state index is 11.8. The van der Waals surface area contributed by atoms with Gasteiger partial charge in [0.2, 0.25) is 0 Å². The van der Waals surface area contributed by atoms with Crippen molar-refractivity contribution in [3.8, 4) is 0 Å². The third kappa shape index (κ3) is 2.95. The highest BCUT2D eigenvalue weighted by Crippen LogP contribution is 2.17. The highest BCUT2D eigenvalue weighted by atomic mass is 16.5. The molecule has 2 saturated heterocycles. The summed E-state index contributed by atoms with van der Waals surface area (Å²) >= 11 is 0. The highest BCUT2D eigenvalue weighted by molar-refractivity contribution is 5.81. The van der Waals surface area contributed by atoms with Crippen molar-refractivity contribution in [2.45, 2.75) is 32.3 Å². The molecule has 4 nitrogen and oxygen atoms in total. The van der Waals surface area contributed by atoms with Crippen molar-refractivity contribution >= 4 is 5.91 Å². The molecule has 92 valence electrons. The number of nitrogens with one attached hydrogen (secondary N) is 1. The Hall–Kier alpha value is -0.610. The molecule has 0 aromatic rings. The van der Waals surface area contributed by atoms with Crippen LogP contribution < -0.4 is 5.32 Å². The van der Waals surface area contributed by atoms with Gasteiger partial charge in [-0.25, -0.2) is 0 Å². The number of carbonyl (C=O) groups excluding carboxylic acids is 1. The average Bonchev–Trinajstić information content (AvgIpc) is 2.32. The summed E-state index contributed by atoms with van der Waals surface area (Å²) in [4.78, 5) is 13.8. The Morgan fingerprint density at radius 1 is 1.44 bits per heavy atom. The number of ether oxygens (including phenoxy) is 1. The minimum Gasteiger partial charge on any atom is -0.367 e. The molecule has 2 aliphatic rings. The molecule has 1 amide bonds. The molecule has 1 N–H and O–H groups in total. The van der Waals surface area contributed by atoms with E-state index in [4.69, 9.17) is 4.74 Å². The molecular weight excluding hydrogens is 204 g/mol. The molecule has 1 unspecified atom stereocenters. The van der Waals surface area contributed by atoms with Gasteiger partial charge in [0.15, 0.2) is 0 Å². The van der Waals surface area contributed by atoms with Crippen molar-refractivity contribution in [3.63, 3.8) is 0 Å². The standard InChI is InChI=1S/C12H22N2O2/c1-10-12(15)14(8-9-16-10)7-4-11-2-5-13-6-3-11/h10-11,13H,2-9H2,1H3. The molecule has 0 bridgehead atoms. The predicted molar refractivity (Wildman–Crippen MR) is 62.2 cm³/mol. The first kappa shape index (κ1) is 11.9. The second-order valence-electron chi connectivity index (χ2n) is 4.82. The van der Waals surface area contributed by atoms with Crippen LogP contribution in [0.2, 0.25) is 0 Å². The Kier molecular flexibility index (Phi) is 4.18. The summed E-state index contributed by atoms with van der Waals surface area (Å²) < 4.78 is 5.31. The largest absolute Gasteiger partial charge is 0.367 e. The third-order valence-electron chi connectivity index (χ3n) is 3.65. The Labute approximate surface area is 97.3 Å². The van der Waals surface area contributed by atoms with Gasteiger partial charge in [-0.3, -0.25) is 4.79 Å². The van der Waals surface area contributed by atoms with E-state index < -0.39 is 0 Å². The van der Waals surface area contributed by atoms with Crippen molar-refractivity contribution in [2.24, 2.45) is 5.92 Å². The molecule has 2 heterocycles. The van der Waals surface area contributed by atoms with Crippen molar-refractivity contribution < 1.29 is 9.53 Å². The zero-order valence-corrected chi connectivity index (χ0v) is 10.1. The van der Waals surface area contributed by atoms with E-state index >= 15 is 0 Å². The van der Waals surface area contributed by atoms with Crippen LogP contribution in [-0.4, -0.2) is 49.7 Å². The third-order valence-corrected chi connectivity index (χ3v) is 3.65. The van der Waals surface area contributed by atoms with Crippen molar-refractivity contribution in [3.05, 3.63) is 0 Å². The summed E-state index contributed by atoms with van der Waals surface area (Å²) in [6.07, 6.45) is 3.43. The molecule has 0 spiro atoms. The van der Waals surface area contributed by atoms with Crippen LogP contribution in [0.5, 0.6) is 0 Å². The Morgan fingerprint density at radius 3 is 2.94 bits per heavy atom. The van der Waals surface area contributed by atoms with E-state index in [1.807, 2.05) is 11.8 Å². The number of nitrogens with zero attached hydrogens (tertiary/aromatic N) is 1. The lowest BCUT2D eigenvalue weighted by molar-refractivity contribution is -0.151. The molecule has 2 aliphatic heterocycles. The number of amides is 1. The average molecular weight is 226 g/mol. The van der Waals surface area contributed by atoms with Gasteiger partial charge in [0.05, 0.1) is 6.61 Å². The van der Waals surface area contributed by atoms with Crippen molar-refractivity contribution in [1.29, 1.82) is 0 Å². The summed E-state index contributed by atoms with van der Waals surface area (Å²) in [5.74, 6) is 0.965. The summed E-state index contributed by atoms with van der Waals surface area (Å²) in [5, 5.41) is 3.37. The van der Waals surface area contributed by atoms with Crippen LogP contribution in [0.25, 0.3) is 0 Å². The maximum Gasteiger partial charge on any atom is 0.251 e. The highest BCUT2D eigenvalue weighted by Gasteiger charge is 2.26. The summed E-state index contributed by atoms with van der Waals surface area (Å²) in [7, 11) is 0. The number of carbonyl (C=O) groups is 1. The fourth-order valence-corrected chi connectivity index (χ4v) is 2.51. The molecule has 0 saturated carbocycles. The quantitative estimate of drug-likeness (QED) is 0.767. The Morgan fingerprint density at radius 2 is 2.19 bits per heavy atom. The minimum absolute atomic E-state index is 0.167. The van der Waals surface area contributed by atoms with Crippen molar-refractivity contribution in [2.75, 3.05) is 32.8 Å². The van der Waals surface area contributed by atoms with Gasteiger partial charge < -0.3 is 15.0 Å². The second-order valence-corrected chi connectivity index (χ2v) is 4.82. The Bertz CT molecular complexity index is 239. The van der Waals surface area contributed by atoms with E-state index in [1.54, 1.807) is 0 Å². The normalized spacial score (nSPS) is 28.4. The predicted octanol–water partition coefficient (Wildman–Crippen LogP) is 0.623. The van der Waals surface area contributed by atoms with Crippen LogP contribution in [0.1, 0.15) is 26.2 Å². The van der Waals surface area contributed by atoms with Crippen LogP contribution in [0, 0.1) is 5.92 Å². The SMILES string of the molecule is CC1OCCN(CCC2CCNCC2)C1=O. The molecule has 16 heavy (non-hydrogen) atoms. The lowest BCUT2D eigenvalue weighted by Gasteiger charge is -2.32. The molecule has 0 radical (unpaired) electrons. The zero-order chi connectivity index (χ0) is 11.4. The van der Waals surface area contributed by atoms with Crippen molar-refractivity contribution in [1.82, 2.24) is 10.2 Å². The van der Waals surface area contributed by atoms with Gasteiger partial charge in [0.25, 0.3) is 5.91 Å². The van der Waals surface area contributed by atoms with Gasteiger partial charge in [-0.1, -0.05) is 0 Å². The van der Waals surface area contributed by atoms with Gasteiger partial charge in [-0.2, -0.15) is 0 Å². The van der Waals surface area contributed by atoms with Gasteiger partial charge in [-0.15, -0.1) is 0 Å². The molecule has 0 aliphatic carbocycles. The van der Waals surface area contributed by atoms with E-state index in [0.717, 1.165) is 38.5 Å². The monoisotopic (exact) mass is 226 g/mol. The Balaban J connectivity index is 1.73. The van der Waals surface area contributed by atoms with Gasteiger partial charge in [-0.05, 0) is 45.2 Å². The molecular formula is C12H22N2O2. The minimum atomic E-state index is -0.234. The number of morpholine rings is 1. The molecule has 4 heteroatoms. The van der Waals surface area contributed by atoms with E-state index in [0.29, 0.717) is 6.61 Å². The number of rotatable bonds is 3. The smallest absolute Gasteiger partial charge is 0.251 e. The number of piperidine rings is 1. The van der Waals surface area contributed by atoms with Crippen LogP contribution in [-0.2, 0) is 9.53 Å². The molecule has 0 aromatic carbocycles. The molecule has 0 aromatic heterocycles. The van der Waals surface area contributed by atoms with Crippen LogP contribution in [0.15, 0.2) is 0 Å². The van der Waals surface area contributed by atoms with E-state index in [1.165, 1.54) is 12.8 Å². The summed E-state index contributed by atoms with van der Waals surface area (Å²) in [6.45, 7) is 6.50. The zero-order valence-electron chi connectivity index (χ0n) is 10.1. The lowest BCUT2D eigenvalue weighted by atomic mass is 9.94. The summed E-state index contributed by atoms with van der Waals surface area (Å²) in [5.41, 5.74) is 0.